The van der Waals surface area contributed by atoms with Crippen LogP contribution < -0.4 is 28.4 Å². The number of benzene rings is 3. The summed E-state index contributed by atoms with van der Waals surface area (Å²) in [6.45, 7) is 8.98. The third-order valence-corrected chi connectivity index (χ3v) is 6.98. The third kappa shape index (κ3) is 12.4. The number of carbonyl (C=O) groups is 4. The van der Waals surface area contributed by atoms with Crippen molar-refractivity contribution in [3.63, 3.8) is 0 Å². The van der Waals surface area contributed by atoms with E-state index in [1.54, 1.807) is 48.5 Å². The third-order valence-electron chi connectivity index (χ3n) is 6.98. The number of ether oxygens (including phenoxy) is 6. The zero-order valence-electron chi connectivity index (χ0n) is 28.3. The Balaban J connectivity index is 1.89. The fourth-order valence-electron chi connectivity index (χ4n) is 4.37. The molecular weight excluding hydrogens is 616 g/mol. The molecule has 0 aromatic heterocycles. The Morgan fingerprint density at radius 1 is 0.458 bits per heavy atom. The molecule has 0 unspecified atom stereocenters. The molecule has 0 spiro atoms. The van der Waals surface area contributed by atoms with Gasteiger partial charge >= 0.3 is 23.9 Å². The molecule has 0 amide bonds. The van der Waals surface area contributed by atoms with Crippen LogP contribution in [0.25, 0.3) is 0 Å². The van der Waals surface area contributed by atoms with E-state index in [0.29, 0.717) is 37.6 Å². The van der Waals surface area contributed by atoms with Gasteiger partial charge in [-0.1, -0.05) is 53.4 Å². The summed E-state index contributed by atoms with van der Waals surface area (Å²) in [7, 11) is 0. The number of unbranched alkanes of at least 4 members (excludes halogenated alkanes) is 4. The van der Waals surface area contributed by atoms with Crippen molar-refractivity contribution >= 4 is 23.9 Å². The predicted octanol–water partition coefficient (Wildman–Crippen LogP) is 8.67. The van der Waals surface area contributed by atoms with Crippen LogP contribution in [0.3, 0.4) is 0 Å². The van der Waals surface area contributed by atoms with Crippen molar-refractivity contribution in [3.8, 4) is 34.5 Å². The second kappa shape index (κ2) is 20.4. The van der Waals surface area contributed by atoms with Gasteiger partial charge in [0, 0.05) is 25.0 Å². The monoisotopic (exact) mass is 662 g/mol. The van der Waals surface area contributed by atoms with Crippen molar-refractivity contribution in [3.05, 3.63) is 71.8 Å². The van der Waals surface area contributed by atoms with Crippen LogP contribution in [-0.2, 0) is 9.59 Å². The molecule has 0 aliphatic heterocycles. The Kier molecular flexibility index (Phi) is 16.0. The van der Waals surface area contributed by atoms with E-state index in [9.17, 15) is 19.2 Å². The predicted molar refractivity (Wildman–Crippen MR) is 180 cm³/mol. The Labute approximate surface area is 282 Å². The second-order valence-electron chi connectivity index (χ2n) is 11.1. The van der Waals surface area contributed by atoms with Gasteiger partial charge in [0.1, 0.15) is 11.5 Å². The molecule has 3 rings (SSSR count). The normalized spacial score (nSPS) is 10.6. The van der Waals surface area contributed by atoms with Gasteiger partial charge in [0.25, 0.3) is 0 Å². The fourth-order valence-corrected chi connectivity index (χ4v) is 4.37. The summed E-state index contributed by atoms with van der Waals surface area (Å²) in [6, 6.07) is 15.3. The fraction of sp³-hybridized carbons (Fsp3) is 0.421. The molecule has 10 nitrogen and oxygen atoms in total. The Morgan fingerprint density at radius 2 is 0.812 bits per heavy atom. The lowest BCUT2D eigenvalue weighted by Gasteiger charge is -2.16. The van der Waals surface area contributed by atoms with Crippen molar-refractivity contribution in [2.45, 2.75) is 91.9 Å². The molecule has 3 aromatic rings. The summed E-state index contributed by atoms with van der Waals surface area (Å²) in [4.78, 5) is 51.5. The van der Waals surface area contributed by atoms with E-state index >= 15 is 0 Å². The standard InChI is InChI=1S/C38H46O10/c1-5-9-11-23-43-29-19-15-27(16-20-29)37(41)47-33-25-32(46-36(40)14-8-4)34(26-31(33)45-35(39)13-7-3)48-38(42)28-17-21-30(22-18-28)44-24-12-10-6-2/h15-22,25-26H,5-14,23-24H2,1-4H3. The van der Waals surface area contributed by atoms with Gasteiger partial charge < -0.3 is 28.4 Å². The van der Waals surface area contributed by atoms with Crippen LogP contribution in [0.15, 0.2) is 60.7 Å². The van der Waals surface area contributed by atoms with Gasteiger partial charge in [-0.25, -0.2) is 9.59 Å². The number of rotatable bonds is 20. The summed E-state index contributed by atoms with van der Waals surface area (Å²) in [5, 5.41) is 0. The largest absolute Gasteiger partial charge is 0.494 e. The van der Waals surface area contributed by atoms with Gasteiger partial charge in [-0.3, -0.25) is 9.59 Å². The molecular formula is C38H46O10. The van der Waals surface area contributed by atoms with E-state index in [1.807, 2.05) is 13.8 Å². The summed E-state index contributed by atoms with van der Waals surface area (Å²) in [6.07, 6.45) is 7.32. The highest BCUT2D eigenvalue weighted by atomic mass is 16.6. The zero-order chi connectivity index (χ0) is 34.7. The van der Waals surface area contributed by atoms with E-state index in [1.165, 1.54) is 12.1 Å². The maximum Gasteiger partial charge on any atom is 0.343 e. The van der Waals surface area contributed by atoms with Crippen LogP contribution in [0.4, 0.5) is 0 Å². The SMILES string of the molecule is CCCCCOc1ccc(C(=O)Oc2cc(OC(=O)CCC)c(OC(=O)c3ccc(OCCCCC)cc3)cc2OC(=O)CCC)cc1. The Bertz CT molecular complexity index is 1370. The number of esters is 4. The first-order valence-electron chi connectivity index (χ1n) is 16.8. The minimum absolute atomic E-state index is 0.0856. The molecule has 0 saturated carbocycles. The van der Waals surface area contributed by atoms with Crippen molar-refractivity contribution in [2.24, 2.45) is 0 Å². The molecule has 0 atom stereocenters. The molecule has 0 bridgehead atoms. The van der Waals surface area contributed by atoms with Gasteiger partial charge in [-0.15, -0.1) is 0 Å². The van der Waals surface area contributed by atoms with Crippen LogP contribution in [-0.4, -0.2) is 37.1 Å². The van der Waals surface area contributed by atoms with Crippen molar-refractivity contribution in [1.82, 2.24) is 0 Å². The molecule has 0 aliphatic carbocycles. The van der Waals surface area contributed by atoms with E-state index in [-0.39, 0.29) is 47.0 Å². The summed E-state index contributed by atoms with van der Waals surface area (Å²) >= 11 is 0. The quantitative estimate of drug-likeness (QED) is 0.0659. The molecule has 258 valence electrons. The maximum atomic E-state index is 13.2. The first-order chi connectivity index (χ1) is 23.3. The van der Waals surface area contributed by atoms with Gasteiger partial charge in [-0.05, 0) is 74.2 Å². The van der Waals surface area contributed by atoms with Crippen molar-refractivity contribution < 1.29 is 47.6 Å². The topological polar surface area (TPSA) is 124 Å². The van der Waals surface area contributed by atoms with Crippen LogP contribution in [0.2, 0.25) is 0 Å². The summed E-state index contributed by atoms with van der Waals surface area (Å²) < 4.78 is 33.8. The lowest BCUT2D eigenvalue weighted by atomic mass is 10.2. The number of hydrogen-bond donors (Lipinski definition) is 0. The average Bonchev–Trinajstić information content (AvgIpc) is 3.07. The summed E-state index contributed by atoms with van der Waals surface area (Å²) in [5.74, 6) is -2.26. The van der Waals surface area contributed by atoms with Gasteiger partial charge in [0.15, 0.2) is 23.0 Å². The van der Waals surface area contributed by atoms with Gasteiger partial charge in [0.05, 0.1) is 24.3 Å². The minimum Gasteiger partial charge on any atom is -0.494 e. The van der Waals surface area contributed by atoms with Gasteiger partial charge in [-0.2, -0.15) is 0 Å². The average molecular weight is 663 g/mol. The summed E-state index contributed by atoms with van der Waals surface area (Å²) in [5.41, 5.74) is 0.416. The maximum absolute atomic E-state index is 13.2. The molecule has 48 heavy (non-hydrogen) atoms. The lowest BCUT2D eigenvalue weighted by molar-refractivity contribution is -0.135. The molecule has 0 radical (unpaired) electrons. The van der Waals surface area contributed by atoms with Crippen LogP contribution in [0.1, 0.15) is 113 Å². The number of carbonyl (C=O) groups excluding carboxylic acids is 4. The van der Waals surface area contributed by atoms with E-state index < -0.39 is 23.9 Å². The van der Waals surface area contributed by atoms with Crippen molar-refractivity contribution in [2.75, 3.05) is 13.2 Å². The number of hydrogen-bond acceptors (Lipinski definition) is 10. The first-order valence-corrected chi connectivity index (χ1v) is 16.8. The molecule has 0 fully saturated rings. The Hall–Kier alpha value is -4.86. The molecule has 10 heteroatoms. The minimum atomic E-state index is -0.757. The highest BCUT2D eigenvalue weighted by Crippen LogP contribution is 2.41. The molecule has 0 N–H and O–H groups in total. The molecule has 0 aliphatic rings. The highest BCUT2D eigenvalue weighted by molar-refractivity contribution is 5.93. The van der Waals surface area contributed by atoms with E-state index in [0.717, 1.165) is 38.5 Å². The lowest BCUT2D eigenvalue weighted by Crippen LogP contribution is -2.15. The van der Waals surface area contributed by atoms with Crippen molar-refractivity contribution in [1.29, 1.82) is 0 Å². The highest BCUT2D eigenvalue weighted by Gasteiger charge is 2.24. The molecule has 3 aromatic carbocycles. The second-order valence-corrected chi connectivity index (χ2v) is 11.1. The Morgan fingerprint density at radius 3 is 1.15 bits per heavy atom. The van der Waals surface area contributed by atoms with E-state index in [4.69, 9.17) is 28.4 Å². The van der Waals surface area contributed by atoms with Crippen LogP contribution in [0.5, 0.6) is 34.5 Å². The smallest absolute Gasteiger partial charge is 0.343 e. The molecule has 0 heterocycles. The molecule has 0 saturated heterocycles. The van der Waals surface area contributed by atoms with Crippen LogP contribution in [0, 0.1) is 0 Å². The van der Waals surface area contributed by atoms with Crippen LogP contribution >= 0.6 is 0 Å². The zero-order valence-corrected chi connectivity index (χ0v) is 28.3. The first kappa shape index (κ1) is 37.6. The van der Waals surface area contributed by atoms with Gasteiger partial charge in [0.2, 0.25) is 0 Å². The van der Waals surface area contributed by atoms with E-state index in [2.05, 4.69) is 13.8 Å².